The monoisotopic (exact) mass is 577 g/mol. The van der Waals surface area contributed by atoms with Crippen molar-refractivity contribution >= 4 is 44.9 Å². The zero-order valence-corrected chi connectivity index (χ0v) is 22.5. The van der Waals surface area contributed by atoms with Gasteiger partial charge in [0, 0.05) is 20.5 Å². The first-order chi connectivity index (χ1) is 18.5. The van der Waals surface area contributed by atoms with E-state index in [9.17, 15) is 27.9 Å². The van der Waals surface area contributed by atoms with E-state index in [1.54, 1.807) is 18.2 Å². The maximum absolute atomic E-state index is 13.7. The molecular weight excluding hydrogens is 551 g/mol. The molecule has 0 saturated heterocycles. The molecule has 0 aliphatic heterocycles. The third kappa shape index (κ3) is 4.99. The van der Waals surface area contributed by atoms with Crippen molar-refractivity contribution < 1.29 is 32.6 Å². The number of thiophene rings is 1. The van der Waals surface area contributed by atoms with Gasteiger partial charge in [0.15, 0.2) is 5.75 Å². The van der Waals surface area contributed by atoms with Gasteiger partial charge in [-0.25, -0.2) is 4.79 Å². The average Bonchev–Trinajstić information content (AvgIpc) is 3.22. The van der Waals surface area contributed by atoms with Crippen LogP contribution in [0.4, 0.5) is 13.2 Å². The summed E-state index contributed by atoms with van der Waals surface area (Å²) in [6, 6.07) is 8.73. The van der Waals surface area contributed by atoms with Crippen molar-refractivity contribution in [2.75, 3.05) is 0 Å². The van der Waals surface area contributed by atoms with Crippen LogP contribution in [0.15, 0.2) is 42.5 Å². The maximum Gasteiger partial charge on any atom is 0.416 e. The van der Waals surface area contributed by atoms with E-state index in [-0.39, 0.29) is 17.2 Å². The van der Waals surface area contributed by atoms with Crippen LogP contribution in [-0.4, -0.2) is 23.0 Å². The molecule has 1 amide bonds. The fourth-order valence-electron chi connectivity index (χ4n) is 7.49. The molecule has 0 unspecified atom stereocenters. The quantitative estimate of drug-likeness (QED) is 0.304. The van der Waals surface area contributed by atoms with Gasteiger partial charge in [0.05, 0.1) is 5.56 Å². The van der Waals surface area contributed by atoms with Crippen LogP contribution in [0.2, 0.25) is 5.02 Å². The summed E-state index contributed by atoms with van der Waals surface area (Å²) in [5, 5.41) is 14.2. The Bertz CT molecular complexity index is 1400. The van der Waals surface area contributed by atoms with Gasteiger partial charge in [0.25, 0.3) is 5.91 Å². The topological polar surface area (TPSA) is 75.6 Å². The third-order valence-corrected chi connectivity index (χ3v) is 10.1. The summed E-state index contributed by atoms with van der Waals surface area (Å²) in [5.41, 5.74) is -0.705. The second-order valence-electron chi connectivity index (χ2n) is 11.4. The lowest BCUT2D eigenvalue weighted by atomic mass is 9.47. The molecule has 0 radical (unpaired) electrons. The van der Waals surface area contributed by atoms with E-state index in [1.807, 2.05) is 0 Å². The molecule has 4 bridgehead atoms. The SMILES string of the molecule is O=C(N[C@H](C(=O)O)C12CC3CC(CC(C3)C1)C2)c1sc2cc(Cl)ccc2c1OCc1ccc(C(F)(F)F)cc1. The Hall–Kier alpha value is -2.78. The summed E-state index contributed by atoms with van der Waals surface area (Å²) in [4.78, 5) is 26.5. The van der Waals surface area contributed by atoms with Crippen LogP contribution < -0.4 is 10.1 Å². The molecule has 4 fully saturated rings. The van der Waals surface area contributed by atoms with Gasteiger partial charge in [-0.15, -0.1) is 11.3 Å². The minimum Gasteiger partial charge on any atom is -0.487 e. The van der Waals surface area contributed by atoms with Crippen molar-refractivity contribution in [2.24, 2.45) is 23.2 Å². The molecule has 39 heavy (non-hydrogen) atoms. The molecule has 4 aliphatic rings. The third-order valence-electron chi connectivity index (χ3n) is 8.70. The van der Waals surface area contributed by atoms with Gasteiger partial charge in [0.1, 0.15) is 17.5 Å². The first kappa shape index (κ1) is 26.4. The fraction of sp³-hybridized carbons (Fsp3) is 0.448. The number of carbonyl (C=O) groups excluding carboxylic acids is 1. The number of rotatable bonds is 7. The van der Waals surface area contributed by atoms with E-state index in [0.717, 1.165) is 62.0 Å². The van der Waals surface area contributed by atoms with Gasteiger partial charge in [-0.1, -0.05) is 23.7 Å². The number of hydrogen-bond donors (Lipinski definition) is 2. The first-order valence-corrected chi connectivity index (χ1v) is 14.2. The van der Waals surface area contributed by atoms with E-state index in [0.29, 0.717) is 38.4 Å². The van der Waals surface area contributed by atoms with E-state index in [2.05, 4.69) is 5.32 Å². The summed E-state index contributed by atoms with van der Waals surface area (Å²) < 4.78 is 45.6. The van der Waals surface area contributed by atoms with Gasteiger partial charge in [-0.3, -0.25) is 4.79 Å². The number of carboxylic acids is 1. The Morgan fingerprint density at radius 3 is 2.23 bits per heavy atom. The lowest BCUT2D eigenvalue weighted by Crippen LogP contribution is -2.59. The predicted molar refractivity (Wildman–Crippen MR) is 142 cm³/mol. The highest BCUT2D eigenvalue weighted by atomic mass is 35.5. The second kappa shape index (κ2) is 9.70. The van der Waals surface area contributed by atoms with Crippen LogP contribution in [0.25, 0.3) is 10.1 Å². The summed E-state index contributed by atoms with van der Waals surface area (Å²) >= 11 is 7.34. The number of halogens is 4. The van der Waals surface area contributed by atoms with E-state index < -0.39 is 35.1 Å². The van der Waals surface area contributed by atoms with Crippen molar-refractivity contribution in [1.29, 1.82) is 0 Å². The molecule has 4 saturated carbocycles. The Labute approximate surface area is 232 Å². The lowest BCUT2D eigenvalue weighted by Gasteiger charge is -2.58. The molecule has 206 valence electrons. The fourth-order valence-corrected chi connectivity index (χ4v) is 8.82. The van der Waals surface area contributed by atoms with Crippen molar-refractivity contribution in [3.8, 4) is 5.75 Å². The molecule has 5 nitrogen and oxygen atoms in total. The normalized spacial score (nSPS) is 26.5. The highest BCUT2D eigenvalue weighted by Gasteiger charge is 2.56. The molecule has 7 rings (SSSR count). The van der Waals surface area contributed by atoms with Gasteiger partial charge < -0.3 is 15.2 Å². The molecule has 2 N–H and O–H groups in total. The maximum atomic E-state index is 13.7. The lowest BCUT2D eigenvalue weighted by molar-refractivity contribution is -0.150. The second-order valence-corrected chi connectivity index (χ2v) is 12.9. The van der Waals surface area contributed by atoms with E-state index in [1.165, 1.54) is 12.1 Å². The van der Waals surface area contributed by atoms with Gasteiger partial charge in [-0.05, 0) is 92.2 Å². The molecule has 1 aromatic heterocycles. The summed E-state index contributed by atoms with van der Waals surface area (Å²) in [7, 11) is 0. The Balaban J connectivity index is 1.28. The van der Waals surface area contributed by atoms with E-state index >= 15 is 0 Å². The molecule has 0 spiro atoms. The van der Waals surface area contributed by atoms with Crippen molar-refractivity contribution in [1.82, 2.24) is 5.32 Å². The van der Waals surface area contributed by atoms with Crippen LogP contribution in [0.5, 0.6) is 5.75 Å². The number of carboxylic acid groups (broad SMARTS) is 1. The molecule has 3 aromatic rings. The van der Waals surface area contributed by atoms with Crippen LogP contribution in [0.1, 0.15) is 59.3 Å². The molecular formula is C29H27ClF3NO4S. The molecule has 4 aliphatic carbocycles. The van der Waals surface area contributed by atoms with Crippen molar-refractivity contribution in [3.05, 3.63) is 63.5 Å². The largest absolute Gasteiger partial charge is 0.487 e. The highest BCUT2D eigenvalue weighted by molar-refractivity contribution is 7.21. The standard InChI is InChI=1S/C29H27ClF3NO4S/c30-20-5-6-21-22(10-20)39-24(23(21)38-14-15-1-3-19(4-2-15)29(31,32)33)26(35)34-25(27(36)37)28-11-16-7-17(12-28)9-18(8-16)13-28/h1-6,10,16-18,25H,7-9,11-14H2,(H,34,35)(H,36,37)/t16?,17?,18?,25-,28?/m1/s1. The van der Waals surface area contributed by atoms with Crippen molar-refractivity contribution in [2.45, 2.75) is 57.3 Å². The Kier molecular flexibility index (Phi) is 6.57. The number of fused-ring (bicyclic) bond motifs is 1. The zero-order valence-electron chi connectivity index (χ0n) is 20.9. The number of benzene rings is 2. The number of ether oxygens (including phenoxy) is 1. The van der Waals surface area contributed by atoms with Gasteiger partial charge in [0.2, 0.25) is 0 Å². The van der Waals surface area contributed by atoms with Crippen LogP contribution in [0, 0.1) is 23.2 Å². The smallest absolute Gasteiger partial charge is 0.416 e. The predicted octanol–water partition coefficient (Wildman–Crippen LogP) is 7.55. The average molecular weight is 578 g/mol. The van der Waals surface area contributed by atoms with Crippen molar-refractivity contribution in [3.63, 3.8) is 0 Å². The number of aliphatic carboxylic acids is 1. The van der Waals surface area contributed by atoms with Crippen LogP contribution in [0.3, 0.4) is 0 Å². The Morgan fingerprint density at radius 2 is 1.67 bits per heavy atom. The van der Waals surface area contributed by atoms with Gasteiger partial charge >= 0.3 is 12.1 Å². The number of amides is 1. The van der Waals surface area contributed by atoms with Gasteiger partial charge in [-0.2, -0.15) is 13.2 Å². The van der Waals surface area contributed by atoms with E-state index in [4.69, 9.17) is 16.3 Å². The summed E-state index contributed by atoms with van der Waals surface area (Å²) in [6.07, 6.45) is 1.46. The molecule has 2 aromatic carbocycles. The Morgan fingerprint density at radius 1 is 1.05 bits per heavy atom. The molecule has 1 heterocycles. The first-order valence-electron chi connectivity index (χ1n) is 13.1. The molecule has 10 heteroatoms. The highest BCUT2D eigenvalue weighted by Crippen LogP contribution is 2.61. The van der Waals surface area contributed by atoms with Crippen LogP contribution in [-0.2, 0) is 17.6 Å². The minimum absolute atomic E-state index is 0.0653. The number of nitrogens with one attached hydrogen (secondary N) is 1. The summed E-state index contributed by atoms with van der Waals surface area (Å²) in [6.45, 7) is -0.0653. The molecule has 1 atom stereocenters. The zero-order chi connectivity index (χ0) is 27.5. The number of carbonyl (C=O) groups is 2. The minimum atomic E-state index is -4.44. The number of hydrogen-bond acceptors (Lipinski definition) is 4. The summed E-state index contributed by atoms with van der Waals surface area (Å²) in [5.74, 6) is 0.260. The van der Waals surface area contributed by atoms with Crippen LogP contribution >= 0.6 is 22.9 Å². The number of alkyl halides is 3.